The van der Waals surface area contributed by atoms with Crippen molar-refractivity contribution in [3.63, 3.8) is 0 Å². The third kappa shape index (κ3) is 6.71. The normalized spacial score (nSPS) is 19.5. The van der Waals surface area contributed by atoms with Gasteiger partial charge in [0.25, 0.3) is 0 Å². The van der Waals surface area contributed by atoms with Gasteiger partial charge in [0.05, 0.1) is 0 Å². The molecule has 1 heterocycles. The van der Waals surface area contributed by atoms with Crippen molar-refractivity contribution in [3.05, 3.63) is 35.9 Å². The van der Waals surface area contributed by atoms with Crippen molar-refractivity contribution in [2.24, 2.45) is 10.9 Å². The lowest BCUT2D eigenvalue weighted by molar-refractivity contribution is -0.134. The van der Waals surface area contributed by atoms with E-state index in [4.69, 9.17) is 0 Å². The third-order valence-electron chi connectivity index (χ3n) is 6.21. The second-order valence-corrected chi connectivity index (χ2v) is 8.48. The molecule has 1 aliphatic heterocycles. The molecule has 2 fully saturated rings. The number of hydrogen-bond donors (Lipinski definition) is 2. The highest BCUT2D eigenvalue weighted by atomic mass is 16.2. The summed E-state index contributed by atoms with van der Waals surface area (Å²) >= 11 is 0. The Balaban J connectivity index is 1.52. The average molecular weight is 428 g/mol. The Bertz CT molecular complexity index is 746. The van der Waals surface area contributed by atoms with E-state index < -0.39 is 0 Å². The molecule has 1 aromatic carbocycles. The SMILES string of the molecule is CCNC(=NCC(=O)N(CC)Cc1ccccc1)NC1CCN(C(=O)C2CCCC2)C1. The Morgan fingerprint density at radius 2 is 1.87 bits per heavy atom. The van der Waals surface area contributed by atoms with E-state index in [-0.39, 0.29) is 24.4 Å². The minimum Gasteiger partial charge on any atom is -0.357 e. The summed E-state index contributed by atoms with van der Waals surface area (Å²) in [6.45, 7) is 7.58. The first kappa shape index (κ1) is 23.1. The molecule has 7 heteroatoms. The largest absolute Gasteiger partial charge is 0.357 e. The van der Waals surface area contributed by atoms with Crippen molar-refractivity contribution >= 4 is 17.8 Å². The molecule has 1 atom stereocenters. The molecule has 2 amide bonds. The first-order valence-corrected chi connectivity index (χ1v) is 11.8. The van der Waals surface area contributed by atoms with Gasteiger partial charge in [-0.1, -0.05) is 43.2 Å². The highest BCUT2D eigenvalue weighted by Gasteiger charge is 2.32. The van der Waals surface area contributed by atoms with Crippen LogP contribution in [0, 0.1) is 5.92 Å². The van der Waals surface area contributed by atoms with Gasteiger partial charge in [0, 0.05) is 44.7 Å². The fourth-order valence-electron chi connectivity index (χ4n) is 4.45. The number of carbonyl (C=O) groups excluding carboxylic acids is 2. The monoisotopic (exact) mass is 427 g/mol. The number of hydrogen-bond acceptors (Lipinski definition) is 3. The number of aliphatic imine (C=N–C) groups is 1. The molecule has 3 rings (SSSR count). The number of nitrogens with zero attached hydrogens (tertiary/aromatic N) is 3. The van der Waals surface area contributed by atoms with Crippen LogP contribution in [0.25, 0.3) is 0 Å². The fourth-order valence-corrected chi connectivity index (χ4v) is 4.45. The van der Waals surface area contributed by atoms with E-state index in [9.17, 15) is 9.59 Å². The molecule has 0 aromatic heterocycles. The maximum absolute atomic E-state index is 12.7. The summed E-state index contributed by atoms with van der Waals surface area (Å²) in [5, 5.41) is 6.66. The van der Waals surface area contributed by atoms with Gasteiger partial charge < -0.3 is 20.4 Å². The zero-order chi connectivity index (χ0) is 22.1. The summed E-state index contributed by atoms with van der Waals surface area (Å²) in [7, 11) is 0. The van der Waals surface area contributed by atoms with E-state index in [1.54, 1.807) is 0 Å². The summed E-state index contributed by atoms with van der Waals surface area (Å²) in [6.07, 6.45) is 5.34. The fraction of sp³-hybridized carbons (Fsp3) is 0.625. The van der Waals surface area contributed by atoms with Crippen LogP contribution >= 0.6 is 0 Å². The van der Waals surface area contributed by atoms with Crippen LogP contribution in [0.4, 0.5) is 0 Å². The topological polar surface area (TPSA) is 77.0 Å². The molecule has 2 aliphatic rings. The molecule has 7 nitrogen and oxygen atoms in total. The molecule has 0 bridgehead atoms. The van der Waals surface area contributed by atoms with Gasteiger partial charge in [0.1, 0.15) is 6.54 Å². The number of guanidine groups is 1. The zero-order valence-corrected chi connectivity index (χ0v) is 19.0. The summed E-state index contributed by atoms with van der Waals surface area (Å²) in [5.41, 5.74) is 1.12. The van der Waals surface area contributed by atoms with Crippen molar-refractivity contribution < 1.29 is 9.59 Å². The second kappa shape index (κ2) is 11.7. The molecule has 0 spiro atoms. The van der Waals surface area contributed by atoms with Gasteiger partial charge in [-0.3, -0.25) is 9.59 Å². The van der Waals surface area contributed by atoms with E-state index in [1.165, 1.54) is 12.8 Å². The third-order valence-corrected chi connectivity index (χ3v) is 6.21. The maximum atomic E-state index is 12.7. The van der Waals surface area contributed by atoms with Crippen LogP contribution in [-0.4, -0.2) is 66.3 Å². The van der Waals surface area contributed by atoms with Crippen LogP contribution in [0.5, 0.6) is 0 Å². The van der Waals surface area contributed by atoms with Gasteiger partial charge in [0.15, 0.2) is 5.96 Å². The van der Waals surface area contributed by atoms with Crippen molar-refractivity contribution in [2.75, 3.05) is 32.7 Å². The van der Waals surface area contributed by atoms with Gasteiger partial charge in [-0.05, 0) is 38.7 Å². The molecule has 170 valence electrons. The van der Waals surface area contributed by atoms with E-state index in [0.717, 1.165) is 37.9 Å². The predicted molar refractivity (Wildman–Crippen MR) is 124 cm³/mol. The number of amides is 2. The Hall–Kier alpha value is -2.57. The lowest BCUT2D eigenvalue weighted by atomic mass is 10.1. The van der Waals surface area contributed by atoms with Crippen LogP contribution < -0.4 is 10.6 Å². The average Bonchev–Trinajstić information content (AvgIpc) is 3.48. The first-order valence-electron chi connectivity index (χ1n) is 11.8. The van der Waals surface area contributed by atoms with Gasteiger partial charge in [-0.2, -0.15) is 0 Å². The van der Waals surface area contributed by atoms with Crippen molar-refractivity contribution in [3.8, 4) is 0 Å². The Morgan fingerprint density at radius 1 is 1.13 bits per heavy atom. The molecular formula is C24H37N5O2. The summed E-state index contributed by atoms with van der Waals surface area (Å²) in [6, 6.07) is 10.2. The number of likely N-dealkylation sites (N-methyl/N-ethyl adjacent to an activating group) is 1. The van der Waals surface area contributed by atoms with Gasteiger partial charge in [0.2, 0.25) is 11.8 Å². The molecule has 0 radical (unpaired) electrons. The van der Waals surface area contributed by atoms with Crippen LogP contribution in [-0.2, 0) is 16.1 Å². The van der Waals surface area contributed by atoms with Crippen molar-refractivity contribution in [1.29, 1.82) is 0 Å². The zero-order valence-electron chi connectivity index (χ0n) is 19.0. The molecule has 1 saturated heterocycles. The number of rotatable bonds is 8. The summed E-state index contributed by atoms with van der Waals surface area (Å²) in [4.78, 5) is 33.8. The van der Waals surface area contributed by atoms with Crippen LogP contribution in [0.15, 0.2) is 35.3 Å². The predicted octanol–water partition coefficient (Wildman–Crippen LogP) is 2.38. The van der Waals surface area contributed by atoms with Gasteiger partial charge in [-0.15, -0.1) is 0 Å². The van der Waals surface area contributed by atoms with Gasteiger partial charge >= 0.3 is 0 Å². The highest BCUT2D eigenvalue weighted by Crippen LogP contribution is 2.27. The first-order chi connectivity index (χ1) is 15.1. The van der Waals surface area contributed by atoms with Crippen LogP contribution in [0.3, 0.4) is 0 Å². The summed E-state index contributed by atoms with van der Waals surface area (Å²) < 4.78 is 0. The Kier molecular flexibility index (Phi) is 8.74. The lowest BCUT2D eigenvalue weighted by Gasteiger charge is -2.22. The second-order valence-electron chi connectivity index (χ2n) is 8.48. The maximum Gasteiger partial charge on any atom is 0.244 e. The van der Waals surface area contributed by atoms with E-state index in [1.807, 2.05) is 54.0 Å². The van der Waals surface area contributed by atoms with E-state index in [0.29, 0.717) is 31.5 Å². The molecule has 1 aromatic rings. The molecule has 31 heavy (non-hydrogen) atoms. The van der Waals surface area contributed by atoms with Crippen LogP contribution in [0.2, 0.25) is 0 Å². The molecular weight excluding hydrogens is 390 g/mol. The quantitative estimate of drug-likeness (QED) is 0.493. The molecule has 2 N–H and O–H groups in total. The molecule has 1 saturated carbocycles. The highest BCUT2D eigenvalue weighted by molar-refractivity contribution is 5.85. The Labute approximate surface area is 186 Å². The molecule has 1 unspecified atom stereocenters. The van der Waals surface area contributed by atoms with Gasteiger partial charge in [-0.25, -0.2) is 4.99 Å². The van der Waals surface area contributed by atoms with Crippen LogP contribution in [0.1, 0.15) is 51.5 Å². The summed E-state index contributed by atoms with van der Waals surface area (Å²) in [5.74, 6) is 1.20. The minimum atomic E-state index is 0.00742. The smallest absolute Gasteiger partial charge is 0.244 e. The Morgan fingerprint density at radius 3 is 2.55 bits per heavy atom. The van der Waals surface area contributed by atoms with Crippen molar-refractivity contribution in [1.82, 2.24) is 20.4 Å². The van der Waals surface area contributed by atoms with Crippen molar-refractivity contribution in [2.45, 2.75) is 58.5 Å². The van der Waals surface area contributed by atoms with E-state index in [2.05, 4.69) is 15.6 Å². The molecule has 1 aliphatic carbocycles. The van der Waals surface area contributed by atoms with E-state index >= 15 is 0 Å². The standard InChI is InChI=1S/C24H37N5O2/c1-3-25-24(26-16-22(30)28(4-2)17-19-10-6-5-7-11-19)27-21-14-15-29(18-21)23(31)20-12-8-9-13-20/h5-7,10-11,20-21H,3-4,8-9,12-18H2,1-2H3,(H2,25,26,27). The lowest BCUT2D eigenvalue weighted by Crippen LogP contribution is -2.46. The number of likely N-dealkylation sites (tertiary alicyclic amines) is 1. The number of benzene rings is 1. The number of nitrogens with one attached hydrogen (secondary N) is 2. The minimum absolute atomic E-state index is 0.00742. The number of carbonyl (C=O) groups is 2.